The number of ketones is 1. The number of hydrogen-bond donors (Lipinski definition) is 2. The van der Waals surface area contributed by atoms with Crippen molar-refractivity contribution in [3.63, 3.8) is 0 Å². The number of rotatable bonds is 18. The topological polar surface area (TPSA) is 97.5 Å². The van der Waals surface area contributed by atoms with Gasteiger partial charge >= 0.3 is 29.6 Å². The fourth-order valence-electron chi connectivity index (χ4n) is 2.95. The maximum absolute atomic E-state index is 11.7. The van der Waals surface area contributed by atoms with E-state index in [9.17, 15) is 13.2 Å². The van der Waals surface area contributed by atoms with Crippen LogP contribution in [0.3, 0.4) is 0 Å². The van der Waals surface area contributed by atoms with Crippen molar-refractivity contribution < 1.29 is 17.8 Å². The van der Waals surface area contributed by atoms with E-state index in [1.54, 1.807) is 0 Å². The monoisotopic (exact) mass is 413 g/mol. The molecule has 5 nitrogen and oxygen atoms in total. The van der Waals surface area contributed by atoms with Crippen molar-refractivity contribution in [2.75, 3.05) is 6.54 Å². The first-order valence-corrected chi connectivity index (χ1v) is 11.8. The van der Waals surface area contributed by atoms with Crippen molar-refractivity contribution in [2.24, 2.45) is 5.73 Å². The molecule has 1 unspecified atom stereocenters. The molecule has 7 heteroatoms. The number of hydrogen-bond acceptors (Lipinski definition) is 4. The van der Waals surface area contributed by atoms with E-state index in [1.807, 2.05) is 0 Å². The van der Waals surface area contributed by atoms with Gasteiger partial charge in [-0.2, -0.15) is 8.42 Å². The third-order valence-corrected chi connectivity index (χ3v) is 5.79. The van der Waals surface area contributed by atoms with E-state index in [1.165, 1.54) is 44.9 Å². The van der Waals surface area contributed by atoms with Gasteiger partial charge in [0.2, 0.25) is 0 Å². The second kappa shape index (κ2) is 19.6. The van der Waals surface area contributed by atoms with Gasteiger partial charge in [-0.1, -0.05) is 70.4 Å². The second-order valence-electron chi connectivity index (χ2n) is 7.04. The molecule has 0 radical (unpaired) electrons. The number of carbonyl (C=O) groups excluding carboxylic acids is 1. The maximum atomic E-state index is 11.7. The Morgan fingerprint density at radius 3 is 1.78 bits per heavy atom. The van der Waals surface area contributed by atoms with Gasteiger partial charge in [0.15, 0.2) is 11.0 Å². The summed E-state index contributed by atoms with van der Waals surface area (Å²) < 4.78 is 31.0. The van der Waals surface area contributed by atoms with Crippen molar-refractivity contribution in [3.8, 4) is 0 Å². The molecular formula is C20H40NNaO4S. The van der Waals surface area contributed by atoms with Crippen LogP contribution in [-0.2, 0) is 14.9 Å². The number of Topliss-reactive ketones (excluding diaryl/α,β-unsaturated/α-hetero) is 1. The van der Waals surface area contributed by atoms with Gasteiger partial charge in [0.05, 0.1) is 0 Å². The van der Waals surface area contributed by atoms with E-state index in [0.29, 0.717) is 6.42 Å². The molecule has 0 aromatic heterocycles. The second-order valence-corrected chi connectivity index (χ2v) is 8.64. The van der Waals surface area contributed by atoms with Crippen LogP contribution in [0, 0.1) is 0 Å². The molecule has 0 saturated heterocycles. The van der Waals surface area contributed by atoms with E-state index < -0.39 is 21.2 Å². The van der Waals surface area contributed by atoms with Crippen LogP contribution in [-0.4, -0.2) is 60.1 Å². The molecule has 27 heavy (non-hydrogen) atoms. The summed E-state index contributed by atoms with van der Waals surface area (Å²) in [6, 6.07) is 0. The normalized spacial score (nSPS) is 12.9. The molecule has 3 N–H and O–H groups in total. The molecule has 0 aliphatic heterocycles. The van der Waals surface area contributed by atoms with E-state index in [0.717, 1.165) is 32.1 Å². The summed E-state index contributed by atoms with van der Waals surface area (Å²) in [7, 11) is -4.37. The Morgan fingerprint density at radius 1 is 0.889 bits per heavy atom. The van der Waals surface area contributed by atoms with Gasteiger partial charge in [-0.15, -0.1) is 0 Å². The van der Waals surface area contributed by atoms with E-state index in [2.05, 4.69) is 19.1 Å². The number of allylic oxidation sites excluding steroid dienone is 2. The molecule has 0 aromatic rings. The van der Waals surface area contributed by atoms with Gasteiger partial charge in [0.1, 0.15) is 0 Å². The molecule has 0 fully saturated rings. The summed E-state index contributed by atoms with van der Waals surface area (Å²) in [6.07, 6.45) is 19.9. The van der Waals surface area contributed by atoms with Gasteiger partial charge < -0.3 is 5.73 Å². The van der Waals surface area contributed by atoms with E-state index in [-0.39, 0.29) is 42.5 Å². The van der Waals surface area contributed by atoms with Gasteiger partial charge in [-0.05, 0) is 32.1 Å². The minimum absolute atomic E-state index is 0. The molecule has 0 rings (SSSR count). The quantitative estimate of drug-likeness (QED) is 0.152. The van der Waals surface area contributed by atoms with Crippen LogP contribution < -0.4 is 5.73 Å². The van der Waals surface area contributed by atoms with Gasteiger partial charge in [0, 0.05) is 13.0 Å². The van der Waals surface area contributed by atoms with Crippen LogP contribution >= 0.6 is 0 Å². The molecule has 0 heterocycles. The first-order chi connectivity index (χ1) is 12.4. The summed E-state index contributed by atoms with van der Waals surface area (Å²) in [4.78, 5) is 11.7. The molecule has 0 aromatic carbocycles. The molecule has 0 aliphatic carbocycles. The number of nitrogens with two attached hydrogens (primary N) is 1. The van der Waals surface area contributed by atoms with Crippen molar-refractivity contribution in [2.45, 2.75) is 102 Å². The molecular weight excluding hydrogens is 373 g/mol. The fourth-order valence-corrected chi connectivity index (χ4v) is 3.64. The Labute approximate surface area is 189 Å². The third kappa shape index (κ3) is 18.1. The predicted molar refractivity (Wildman–Crippen MR) is 116 cm³/mol. The van der Waals surface area contributed by atoms with Crippen LogP contribution in [0.2, 0.25) is 0 Å². The van der Waals surface area contributed by atoms with Crippen molar-refractivity contribution in [1.82, 2.24) is 0 Å². The zero-order chi connectivity index (χ0) is 19.7. The Bertz CT molecular complexity index is 480. The number of unbranched alkanes of at least 4 members (excludes halogenated alkanes) is 11. The van der Waals surface area contributed by atoms with Crippen LogP contribution in [0.25, 0.3) is 0 Å². The van der Waals surface area contributed by atoms with Gasteiger partial charge in [-0.25, -0.2) is 0 Å². The first kappa shape index (κ1) is 29.5. The molecule has 156 valence electrons. The summed E-state index contributed by atoms with van der Waals surface area (Å²) >= 11 is 0. The molecule has 0 amide bonds. The summed E-state index contributed by atoms with van der Waals surface area (Å²) in [5.41, 5.74) is 5.25. The van der Waals surface area contributed by atoms with Gasteiger partial charge in [-0.3, -0.25) is 9.35 Å². The van der Waals surface area contributed by atoms with Crippen molar-refractivity contribution in [3.05, 3.63) is 12.2 Å². The molecule has 0 saturated carbocycles. The Morgan fingerprint density at radius 2 is 1.33 bits per heavy atom. The van der Waals surface area contributed by atoms with Crippen LogP contribution in [0.5, 0.6) is 0 Å². The molecule has 0 bridgehead atoms. The number of carbonyl (C=O) groups is 1. The Balaban J connectivity index is 0. The molecule has 0 aliphatic rings. The fraction of sp³-hybridized carbons (Fsp3) is 0.850. The standard InChI is InChI=1S/C20H39NO4S.Na.H/c1-2-3-4-5-6-7-8-9-10-11-12-13-14-15-16-17-19(22)20(18-21)26(23,24)25;;/h9-10,20H,2-8,11-18,21H2,1H3,(H,23,24,25);;. The summed E-state index contributed by atoms with van der Waals surface area (Å²) in [5, 5.41) is -1.46. The SMILES string of the molecule is CCCCCCCCC=CCCCCCCCC(=O)C(CN)S(=O)(=O)O.[NaH]. The molecule has 1 atom stereocenters. The average Bonchev–Trinajstić information content (AvgIpc) is 2.57. The summed E-state index contributed by atoms with van der Waals surface area (Å²) in [6.45, 7) is 1.88. The van der Waals surface area contributed by atoms with Crippen molar-refractivity contribution in [1.29, 1.82) is 0 Å². The van der Waals surface area contributed by atoms with Crippen LogP contribution in [0.1, 0.15) is 96.8 Å². The Kier molecular flexibility index (Phi) is 21.4. The predicted octanol–water partition coefficient (Wildman–Crippen LogP) is 4.16. The minimum atomic E-state index is -4.37. The zero-order valence-electron chi connectivity index (χ0n) is 16.5. The van der Waals surface area contributed by atoms with Crippen LogP contribution in [0.4, 0.5) is 0 Å². The first-order valence-electron chi connectivity index (χ1n) is 10.3. The molecule has 0 spiro atoms. The van der Waals surface area contributed by atoms with Gasteiger partial charge in [0.25, 0.3) is 10.1 Å². The average molecular weight is 414 g/mol. The van der Waals surface area contributed by atoms with E-state index >= 15 is 0 Å². The zero-order valence-corrected chi connectivity index (χ0v) is 17.3. The van der Waals surface area contributed by atoms with E-state index in [4.69, 9.17) is 10.3 Å². The van der Waals surface area contributed by atoms with Crippen molar-refractivity contribution >= 4 is 45.5 Å². The summed E-state index contributed by atoms with van der Waals surface area (Å²) in [5.74, 6) is -0.479. The van der Waals surface area contributed by atoms with Crippen LogP contribution in [0.15, 0.2) is 12.2 Å². The third-order valence-electron chi connectivity index (χ3n) is 4.62. The Hall–Kier alpha value is 0.280.